The number of carbonyl (C=O) groups excluding carboxylic acids is 1. The summed E-state index contributed by atoms with van der Waals surface area (Å²) in [6.45, 7) is 1.51. The van der Waals surface area contributed by atoms with E-state index in [1.165, 1.54) is 10.8 Å². The Balaban J connectivity index is 1.49. The monoisotopic (exact) mass is 370 g/mol. The van der Waals surface area contributed by atoms with Crippen molar-refractivity contribution < 1.29 is 9.21 Å². The molecule has 28 heavy (non-hydrogen) atoms. The van der Waals surface area contributed by atoms with Crippen molar-refractivity contribution in [1.82, 2.24) is 4.90 Å². The second-order valence-electron chi connectivity index (χ2n) is 6.82. The van der Waals surface area contributed by atoms with Crippen LogP contribution in [0.3, 0.4) is 0 Å². The molecule has 1 amide bonds. The predicted octanol–water partition coefficient (Wildman–Crippen LogP) is 5.07. The molecule has 0 saturated carbocycles. The Morgan fingerprint density at radius 1 is 0.821 bits per heavy atom. The second kappa shape index (κ2) is 8.55. The zero-order valence-electron chi connectivity index (χ0n) is 15.5. The minimum absolute atomic E-state index is 0.0430. The van der Waals surface area contributed by atoms with Gasteiger partial charge in [-0.2, -0.15) is 0 Å². The van der Waals surface area contributed by atoms with Crippen molar-refractivity contribution in [2.24, 2.45) is 0 Å². The molecule has 4 aromatic rings. The molecule has 0 atom stereocenters. The Kier molecular flexibility index (Phi) is 5.50. The molecule has 1 N–H and O–H groups in total. The molecule has 1 heterocycles. The summed E-state index contributed by atoms with van der Waals surface area (Å²) in [6, 6.07) is 28.0. The van der Waals surface area contributed by atoms with E-state index in [9.17, 15) is 4.79 Å². The summed E-state index contributed by atoms with van der Waals surface area (Å²) in [6.07, 6.45) is 1.66. The fraction of sp³-hybridized carbons (Fsp3) is 0.125. The highest BCUT2D eigenvalue weighted by molar-refractivity contribution is 5.92. The van der Waals surface area contributed by atoms with Crippen molar-refractivity contribution in [2.45, 2.75) is 13.1 Å². The SMILES string of the molecule is O=C(CN(Cc1ccc2ccccc2c1)Cc1ccco1)Nc1ccccc1. The van der Waals surface area contributed by atoms with E-state index in [2.05, 4.69) is 40.5 Å². The standard InChI is InChI=1S/C24H22N2O2/c27-24(25-22-9-2-1-3-10-22)18-26(17-23-11-6-14-28-23)16-19-12-13-20-7-4-5-8-21(20)15-19/h1-15H,16-18H2,(H,25,27). The number of carbonyl (C=O) groups is 1. The van der Waals surface area contributed by atoms with Crippen LogP contribution in [0.15, 0.2) is 95.6 Å². The van der Waals surface area contributed by atoms with Crippen molar-refractivity contribution >= 4 is 22.4 Å². The highest BCUT2D eigenvalue weighted by Gasteiger charge is 2.14. The fourth-order valence-corrected chi connectivity index (χ4v) is 3.31. The zero-order chi connectivity index (χ0) is 19.2. The largest absolute Gasteiger partial charge is 0.468 e. The average molecular weight is 370 g/mol. The molecule has 1 aromatic heterocycles. The third-order valence-electron chi connectivity index (χ3n) is 4.60. The first-order valence-electron chi connectivity index (χ1n) is 9.33. The third-order valence-corrected chi connectivity index (χ3v) is 4.60. The number of hydrogen-bond donors (Lipinski definition) is 1. The van der Waals surface area contributed by atoms with Gasteiger partial charge in [-0.05, 0) is 46.7 Å². The average Bonchev–Trinajstić information content (AvgIpc) is 3.21. The van der Waals surface area contributed by atoms with Crippen LogP contribution in [0.25, 0.3) is 10.8 Å². The lowest BCUT2D eigenvalue weighted by atomic mass is 10.1. The Bertz CT molecular complexity index is 1040. The Morgan fingerprint density at radius 2 is 1.61 bits per heavy atom. The van der Waals surface area contributed by atoms with Gasteiger partial charge in [0.05, 0.1) is 19.4 Å². The van der Waals surface area contributed by atoms with Crippen LogP contribution in [0.1, 0.15) is 11.3 Å². The topological polar surface area (TPSA) is 45.5 Å². The summed E-state index contributed by atoms with van der Waals surface area (Å²) in [5.41, 5.74) is 1.97. The minimum atomic E-state index is -0.0430. The summed E-state index contributed by atoms with van der Waals surface area (Å²) in [5, 5.41) is 5.37. The molecule has 4 heteroatoms. The Morgan fingerprint density at radius 3 is 2.39 bits per heavy atom. The van der Waals surface area contributed by atoms with E-state index in [0.717, 1.165) is 17.0 Å². The molecular weight excluding hydrogens is 348 g/mol. The van der Waals surface area contributed by atoms with Crippen LogP contribution >= 0.6 is 0 Å². The van der Waals surface area contributed by atoms with Crippen molar-refractivity contribution in [2.75, 3.05) is 11.9 Å². The molecule has 0 radical (unpaired) electrons. The number of hydrogen-bond acceptors (Lipinski definition) is 3. The molecule has 0 aliphatic carbocycles. The smallest absolute Gasteiger partial charge is 0.238 e. The first kappa shape index (κ1) is 18.0. The molecule has 0 spiro atoms. The number of benzene rings is 3. The molecule has 140 valence electrons. The first-order valence-corrected chi connectivity index (χ1v) is 9.33. The van der Waals surface area contributed by atoms with Crippen molar-refractivity contribution in [3.63, 3.8) is 0 Å². The molecule has 0 aliphatic rings. The molecule has 0 fully saturated rings. The Hall–Kier alpha value is -3.37. The van der Waals surface area contributed by atoms with Crippen molar-refractivity contribution in [3.8, 4) is 0 Å². The molecule has 0 unspecified atom stereocenters. The van der Waals surface area contributed by atoms with E-state index in [1.54, 1.807) is 6.26 Å². The number of para-hydroxylation sites is 1. The predicted molar refractivity (Wildman–Crippen MR) is 112 cm³/mol. The van der Waals surface area contributed by atoms with E-state index >= 15 is 0 Å². The number of furan rings is 1. The maximum Gasteiger partial charge on any atom is 0.238 e. The normalized spacial score (nSPS) is 11.0. The van der Waals surface area contributed by atoms with Gasteiger partial charge in [-0.3, -0.25) is 9.69 Å². The fourth-order valence-electron chi connectivity index (χ4n) is 3.31. The van der Waals surface area contributed by atoms with Gasteiger partial charge in [-0.15, -0.1) is 0 Å². The number of amides is 1. The van der Waals surface area contributed by atoms with Gasteiger partial charge in [-0.25, -0.2) is 0 Å². The van der Waals surface area contributed by atoms with Gasteiger partial charge in [-0.1, -0.05) is 54.6 Å². The molecule has 0 aliphatic heterocycles. The lowest BCUT2D eigenvalue weighted by Gasteiger charge is -2.21. The van der Waals surface area contributed by atoms with Crippen molar-refractivity contribution in [3.05, 3.63) is 103 Å². The van der Waals surface area contributed by atoms with E-state index in [0.29, 0.717) is 13.1 Å². The van der Waals surface area contributed by atoms with E-state index < -0.39 is 0 Å². The van der Waals surface area contributed by atoms with Crippen LogP contribution in [0.5, 0.6) is 0 Å². The van der Waals surface area contributed by atoms with Crippen LogP contribution in [-0.2, 0) is 17.9 Å². The molecule has 0 saturated heterocycles. The van der Waals surface area contributed by atoms with Gasteiger partial charge in [0.15, 0.2) is 0 Å². The number of anilines is 1. The van der Waals surface area contributed by atoms with Crippen molar-refractivity contribution in [1.29, 1.82) is 0 Å². The molecule has 0 bridgehead atoms. The van der Waals surface area contributed by atoms with Gasteiger partial charge in [0.25, 0.3) is 0 Å². The highest BCUT2D eigenvalue weighted by Crippen LogP contribution is 2.18. The zero-order valence-corrected chi connectivity index (χ0v) is 15.5. The highest BCUT2D eigenvalue weighted by atomic mass is 16.3. The van der Waals surface area contributed by atoms with Crippen LogP contribution in [-0.4, -0.2) is 17.4 Å². The lowest BCUT2D eigenvalue weighted by Crippen LogP contribution is -2.32. The Labute approximate surface area is 164 Å². The minimum Gasteiger partial charge on any atom is -0.468 e. The van der Waals surface area contributed by atoms with Gasteiger partial charge in [0.1, 0.15) is 5.76 Å². The third kappa shape index (κ3) is 4.67. The molecular formula is C24H22N2O2. The quantitative estimate of drug-likeness (QED) is 0.494. The summed E-state index contributed by atoms with van der Waals surface area (Å²) in [5.74, 6) is 0.798. The van der Waals surface area contributed by atoms with Gasteiger partial charge in [0.2, 0.25) is 5.91 Å². The summed E-state index contributed by atoms with van der Waals surface area (Å²) in [4.78, 5) is 14.7. The lowest BCUT2D eigenvalue weighted by molar-refractivity contribution is -0.117. The summed E-state index contributed by atoms with van der Waals surface area (Å²) >= 11 is 0. The van der Waals surface area contributed by atoms with Gasteiger partial charge < -0.3 is 9.73 Å². The number of nitrogens with one attached hydrogen (secondary N) is 1. The maximum atomic E-state index is 12.6. The van der Waals surface area contributed by atoms with E-state index in [1.807, 2.05) is 54.6 Å². The summed E-state index contributed by atoms with van der Waals surface area (Å²) in [7, 11) is 0. The molecule has 4 nitrogen and oxygen atoms in total. The summed E-state index contributed by atoms with van der Waals surface area (Å²) < 4.78 is 5.50. The van der Waals surface area contributed by atoms with E-state index in [-0.39, 0.29) is 12.5 Å². The molecule has 3 aromatic carbocycles. The van der Waals surface area contributed by atoms with Gasteiger partial charge in [0, 0.05) is 12.2 Å². The van der Waals surface area contributed by atoms with E-state index in [4.69, 9.17) is 4.42 Å². The van der Waals surface area contributed by atoms with Crippen LogP contribution in [0.2, 0.25) is 0 Å². The first-order chi connectivity index (χ1) is 13.8. The molecule has 4 rings (SSSR count). The number of nitrogens with zero attached hydrogens (tertiary/aromatic N) is 1. The maximum absolute atomic E-state index is 12.6. The van der Waals surface area contributed by atoms with Crippen LogP contribution < -0.4 is 5.32 Å². The second-order valence-corrected chi connectivity index (χ2v) is 6.82. The van der Waals surface area contributed by atoms with Crippen LogP contribution in [0, 0.1) is 0 Å². The number of rotatable bonds is 7. The number of fused-ring (bicyclic) bond motifs is 1. The van der Waals surface area contributed by atoms with Gasteiger partial charge >= 0.3 is 0 Å². The van der Waals surface area contributed by atoms with Crippen LogP contribution in [0.4, 0.5) is 5.69 Å².